The summed E-state index contributed by atoms with van der Waals surface area (Å²) in [5.74, 6) is 1.04. The molecule has 0 bridgehead atoms. The largest absolute Gasteiger partial charge is 0.493 e. The molecule has 1 saturated heterocycles. The van der Waals surface area contributed by atoms with Gasteiger partial charge in [0.2, 0.25) is 0 Å². The first-order valence-corrected chi connectivity index (χ1v) is 10.9. The van der Waals surface area contributed by atoms with E-state index >= 15 is 0 Å². The zero-order valence-electron chi connectivity index (χ0n) is 17.0. The molecule has 0 saturated carbocycles. The standard InChI is InChI=1S/C24H23Cl2O5/c1-27-23-20(30-15-31-24-21(26)19(25)11-13-29-24)12-14-28-22(23)18-10-6-5-9-17(18)16-7-3-2-4-8-16/h2-8,10,12,14,19,21-22,24H,11,13,15H2,1H3/t19-,21+,22?,24?/m0/s1. The van der Waals surface area contributed by atoms with Crippen LogP contribution in [-0.4, -0.2) is 37.6 Å². The van der Waals surface area contributed by atoms with Crippen molar-refractivity contribution in [2.24, 2.45) is 0 Å². The number of hydrogen-bond donors (Lipinski definition) is 0. The monoisotopic (exact) mass is 461 g/mol. The molecule has 2 unspecified atom stereocenters. The molecule has 1 fully saturated rings. The first kappa shape index (κ1) is 22.0. The van der Waals surface area contributed by atoms with E-state index in [0.29, 0.717) is 24.5 Å². The molecule has 2 heterocycles. The fourth-order valence-electron chi connectivity index (χ4n) is 3.54. The van der Waals surface area contributed by atoms with Gasteiger partial charge in [-0.1, -0.05) is 48.5 Å². The number of allylic oxidation sites excluding steroid dienone is 1. The number of alkyl halides is 2. The van der Waals surface area contributed by atoms with Gasteiger partial charge in [-0.3, -0.25) is 0 Å². The Hall–Kier alpha value is -2.18. The Morgan fingerprint density at radius 3 is 2.77 bits per heavy atom. The maximum absolute atomic E-state index is 6.28. The third-order valence-electron chi connectivity index (χ3n) is 5.10. The van der Waals surface area contributed by atoms with Gasteiger partial charge >= 0.3 is 0 Å². The van der Waals surface area contributed by atoms with E-state index in [0.717, 1.165) is 16.7 Å². The van der Waals surface area contributed by atoms with Crippen molar-refractivity contribution < 1.29 is 23.7 Å². The topological polar surface area (TPSA) is 46.2 Å². The van der Waals surface area contributed by atoms with Gasteiger partial charge in [0.05, 0.1) is 25.4 Å². The van der Waals surface area contributed by atoms with Crippen LogP contribution in [0.4, 0.5) is 0 Å². The summed E-state index contributed by atoms with van der Waals surface area (Å²) < 4.78 is 28.6. The Labute approximate surface area is 192 Å². The molecule has 31 heavy (non-hydrogen) atoms. The smallest absolute Gasteiger partial charge is 0.192 e. The average molecular weight is 462 g/mol. The zero-order chi connectivity index (χ0) is 21.6. The minimum atomic E-state index is -0.627. The second kappa shape index (κ2) is 10.4. The maximum Gasteiger partial charge on any atom is 0.192 e. The minimum absolute atomic E-state index is 0.0663. The molecule has 1 radical (unpaired) electrons. The Morgan fingerprint density at radius 1 is 1.13 bits per heavy atom. The molecule has 0 spiro atoms. The number of hydrogen-bond acceptors (Lipinski definition) is 5. The Balaban J connectivity index is 1.52. The highest BCUT2D eigenvalue weighted by atomic mass is 35.5. The van der Waals surface area contributed by atoms with Gasteiger partial charge in [0.15, 0.2) is 30.7 Å². The summed E-state index contributed by atoms with van der Waals surface area (Å²) in [4.78, 5) is 0. The van der Waals surface area contributed by atoms with Gasteiger partial charge < -0.3 is 23.7 Å². The van der Waals surface area contributed by atoms with E-state index in [1.54, 1.807) is 19.4 Å². The molecule has 4 atom stereocenters. The predicted octanol–water partition coefficient (Wildman–Crippen LogP) is 5.55. The first-order chi connectivity index (χ1) is 15.2. The minimum Gasteiger partial charge on any atom is -0.493 e. The van der Waals surface area contributed by atoms with Crippen LogP contribution in [0, 0.1) is 6.07 Å². The summed E-state index contributed by atoms with van der Waals surface area (Å²) in [6.45, 7) is 0.430. The van der Waals surface area contributed by atoms with Crippen molar-refractivity contribution in [3.8, 4) is 11.1 Å². The third-order valence-corrected chi connectivity index (χ3v) is 6.22. The number of halogens is 2. The molecule has 0 aliphatic carbocycles. The van der Waals surface area contributed by atoms with Gasteiger partial charge in [-0.05, 0) is 23.6 Å². The summed E-state index contributed by atoms with van der Waals surface area (Å²) in [7, 11) is 1.58. The van der Waals surface area contributed by atoms with E-state index in [2.05, 4.69) is 6.07 Å². The van der Waals surface area contributed by atoms with Crippen LogP contribution in [0.5, 0.6) is 0 Å². The lowest BCUT2D eigenvalue weighted by Gasteiger charge is -2.31. The molecular weight excluding hydrogens is 439 g/mol. The Morgan fingerprint density at radius 2 is 1.97 bits per heavy atom. The molecule has 163 valence electrons. The second-order valence-electron chi connectivity index (χ2n) is 7.04. The van der Waals surface area contributed by atoms with E-state index in [1.807, 2.05) is 48.5 Å². The molecule has 2 aliphatic rings. The number of ether oxygens (including phenoxy) is 5. The number of benzene rings is 2. The quantitative estimate of drug-likeness (QED) is 0.399. The fourth-order valence-corrected chi connectivity index (χ4v) is 4.02. The van der Waals surface area contributed by atoms with Crippen molar-refractivity contribution in [2.75, 3.05) is 20.5 Å². The van der Waals surface area contributed by atoms with Crippen LogP contribution >= 0.6 is 23.2 Å². The van der Waals surface area contributed by atoms with Crippen LogP contribution in [0.1, 0.15) is 18.1 Å². The Kier molecular flexibility index (Phi) is 7.41. The van der Waals surface area contributed by atoms with Crippen molar-refractivity contribution in [2.45, 2.75) is 29.6 Å². The van der Waals surface area contributed by atoms with Gasteiger partial charge in [0, 0.05) is 11.6 Å². The highest BCUT2D eigenvalue weighted by Gasteiger charge is 2.33. The molecule has 2 aromatic carbocycles. The van der Waals surface area contributed by atoms with Crippen molar-refractivity contribution in [1.29, 1.82) is 0 Å². The highest BCUT2D eigenvalue weighted by Crippen LogP contribution is 2.38. The van der Waals surface area contributed by atoms with Crippen LogP contribution in [0.2, 0.25) is 0 Å². The molecular formula is C24H23Cl2O5. The maximum atomic E-state index is 6.28. The van der Waals surface area contributed by atoms with E-state index < -0.39 is 17.8 Å². The molecule has 2 aromatic rings. The van der Waals surface area contributed by atoms with Gasteiger partial charge in [-0.15, -0.1) is 23.2 Å². The summed E-state index contributed by atoms with van der Waals surface area (Å²) in [5.41, 5.74) is 2.89. The number of rotatable bonds is 7. The molecule has 7 heteroatoms. The van der Waals surface area contributed by atoms with Crippen LogP contribution in [0.3, 0.4) is 0 Å². The van der Waals surface area contributed by atoms with E-state index in [4.69, 9.17) is 46.9 Å². The zero-order valence-corrected chi connectivity index (χ0v) is 18.5. The van der Waals surface area contributed by atoms with Gasteiger partial charge in [0.25, 0.3) is 0 Å². The molecule has 0 aromatic heterocycles. The van der Waals surface area contributed by atoms with Crippen molar-refractivity contribution in [1.82, 2.24) is 0 Å². The molecule has 0 N–H and O–H groups in total. The molecule has 4 rings (SSSR count). The average Bonchev–Trinajstić information content (AvgIpc) is 2.82. The van der Waals surface area contributed by atoms with Crippen LogP contribution < -0.4 is 0 Å². The van der Waals surface area contributed by atoms with E-state index in [-0.39, 0.29) is 12.2 Å². The molecule has 0 amide bonds. The lowest BCUT2D eigenvalue weighted by molar-refractivity contribution is -0.197. The molecule has 2 aliphatic heterocycles. The lowest BCUT2D eigenvalue weighted by atomic mass is 9.94. The predicted molar refractivity (Wildman–Crippen MR) is 118 cm³/mol. The van der Waals surface area contributed by atoms with Gasteiger partial charge in [-0.2, -0.15) is 0 Å². The lowest BCUT2D eigenvalue weighted by Crippen LogP contribution is -2.40. The van der Waals surface area contributed by atoms with Gasteiger partial charge in [0.1, 0.15) is 5.38 Å². The van der Waals surface area contributed by atoms with Crippen molar-refractivity contribution in [3.63, 3.8) is 0 Å². The highest BCUT2D eigenvalue weighted by molar-refractivity contribution is 6.30. The summed E-state index contributed by atoms with van der Waals surface area (Å²) >= 11 is 12.5. The molecule has 5 nitrogen and oxygen atoms in total. The first-order valence-electron chi connectivity index (χ1n) is 9.99. The van der Waals surface area contributed by atoms with Crippen molar-refractivity contribution in [3.05, 3.63) is 84.0 Å². The van der Waals surface area contributed by atoms with Crippen LogP contribution in [-0.2, 0) is 23.7 Å². The van der Waals surface area contributed by atoms with E-state index in [9.17, 15) is 0 Å². The fraction of sp³-hybridized carbons (Fsp3) is 0.333. The van der Waals surface area contributed by atoms with Crippen molar-refractivity contribution >= 4 is 23.2 Å². The second-order valence-corrected chi connectivity index (χ2v) is 8.10. The third kappa shape index (κ3) is 5.01. The van der Waals surface area contributed by atoms with Crippen LogP contribution in [0.15, 0.2) is 72.4 Å². The SMILES string of the molecule is COC1=C(OCOC2OCC[C@H](Cl)[C@H]2Cl)C=COC1c1ccc[c]c1-c1ccccc1. The number of methoxy groups -OCH3 is 1. The van der Waals surface area contributed by atoms with Crippen LogP contribution in [0.25, 0.3) is 11.1 Å². The summed E-state index contributed by atoms with van der Waals surface area (Å²) in [6.07, 6.45) is 2.85. The summed E-state index contributed by atoms with van der Waals surface area (Å²) in [5, 5.41) is -0.645. The van der Waals surface area contributed by atoms with Gasteiger partial charge in [-0.25, -0.2) is 0 Å². The normalized spacial score (nSPS) is 25.8. The van der Waals surface area contributed by atoms with E-state index in [1.165, 1.54) is 0 Å². The summed E-state index contributed by atoms with van der Waals surface area (Å²) in [6, 6.07) is 19.1. The Bertz CT molecular complexity index is 931.